The molecule has 0 aliphatic carbocycles. The highest BCUT2D eigenvalue weighted by Crippen LogP contribution is 2.31. The Hall–Kier alpha value is -1.29. The van der Waals surface area contributed by atoms with Crippen LogP contribution in [-0.4, -0.2) is 21.9 Å². The molecule has 1 heterocycles. The highest BCUT2D eigenvalue weighted by Gasteiger charge is 2.14. The minimum atomic E-state index is -0.156. The van der Waals surface area contributed by atoms with E-state index in [1.54, 1.807) is 18.2 Å². The monoisotopic (exact) mass is 505 g/mol. The lowest BCUT2D eigenvalue weighted by Gasteiger charge is -2.04. The molecule has 0 radical (unpaired) electrons. The van der Waals surface area contributed by atoms with Gasteiger partial charge < -0.3 is 9.73 Å². The number of hydrogen-bond donors (Lipinski definition) is 1. The minimum Gasteiger partial charge on any atom is -0.411 e. The maximum Gasteiger partial charge on any atom is 0.277 e. The molecule has 5 nitrogen and oxygen atoms in total. The van der Waals surface area contributed by atoms with Crippen molar-refractivity contribution < 1.29 is 9.21 Å². The number of hydrogen-bond acceptors (Lipinski definition) is 5. The van der Waals surface area contributed by atoms with E-state index in [0.29, 0.717) is 20.8 Å². The summed E-state index contributed by atoms with van der Waals surface area (Å²) in [7, 11) is 0. The highest BCUT2D eigenvalue weighted by molar-refractivity contribution is 14.1. The van der Waals surface area contributed by atoms with Gasteiger partial charge in [0.15, 0.2) is 0 Å². The summed E-state index contributed by atoms with van der Waals surface area (Å²) < 4.78 is 6.59. The Morgan fingerprint density at radius 2 is 2.04 bits per heavy atom. The molecular weight excluding hydrogens is 496 g/mol. The Balaban J connectivity index is 1.61. The average molecular weight is 506 g/mol. The minimum absolute atomic E-state index is 0.154. The lowest BCUT2D eigenvalue weighted by molar-refractivity contribution is -0.113. The smallest absolute Gasteiger partial charge is 0.277 e. The molecule has 1 N–H and O–H groups in total. The summed E-state index contributed by atoms with van der Waals surface area (Å²) in [6.07, 6.45) is 0. The standard InChI is InChI=1S/C16H10Cl2IN3O2S/c17-9-4-5-12(13(18)6-9)15-21-22-16(24-15)25-8-14(23)20-11-3-1-2-10(19)7-11/h1-7H,8H2,(H,20,23). The quantitative estimate of drug-likeness (QED) is 0.372. The molecule has 9 heteroatoms. The molecule has 2 aromatic carbocycles. The Labute approximate surface area is 171 Å². The number of carbonyl (C=O) groups excluding carboxylic acids is 1. The number of amides is 1. The van der Waals surface area contributed by atoms with Gasteiger partial charge in [-0.3, -0.25) is 4.79 Å². The second kappa shape index (κ2) is 8.39. The van der Waals surface area contributed by atoms with Crippen molar-refractivity contribution in [1.82, 2.24) is 10.2 Å². The van der Waals surface area contributed by atoms with Crippen LogP contribution in [0, 0.1) is 3.57 Å². The van der Waals surface area contributed by atoms with E-state index in [0.717, 1.165) is 21.0 Å². The number of nitrogens with zero attached hydrogens (tertiary/aromatic N) is 2. The summed E-state index contributed by atoms with van der Waals surface area (Å²) in [5, 5.41) is 11.9. The number of anilines is 1. The molecule has 128 valence electrons. The van der Waals surface area contributed by atoms with Crippen LogP contribution in [-0.2, 0) is 4.79 Å². The third kappa shape index (κ3) is 5.10. The van der Waals surface area contributed by atoms with Gasteiger partial charge in [-0.2, -0.15) is 0 Å². The summed E-state index contributed by atoms with van der Waals surface area (Å²) in [5.41, 5.74) is 1.34. The molecule has 0 spiro atoms. The predicted octanol–water partition coefficient (Wildman–Crippen LogP) is 5.38. The number of benzene rings is 2. The van der Waals surface area contributed by atoms with Crippen LogP contribution in [0.25, 0.3) is 11.5 Å². The van der Waals surface area contributed by atoms with E-state index in [9.17, 15) is 4.79 Å². The summed E-state index contributed by atoms with van der Waals surface area (Å²) in [6.45, 7) is 0. The second-order valence-corrected chi connectivity index (χ2v) is 7.86. The molecule has 0 aliphatic rings. The van der Waals surface area contributed by atoms with Crippen molar-refractivity contribution in [2.75, 3.05) is 11.1 Å². The zero-order chi connectivity index (χ0) is 17.8. The first kappa shape index (κ1) is 18.5. The molecule has 3 aromatic rings. The Kier molecular flexibility index (Phi) is 6.21. The fraction of sp³-hybridized carbons (Fsp3) is 0.0625. The van der Waals surface area contributed by atoms with Gasteiger partial charge in [0.2, 0.25) is 11.8 Å². The van der Waals surface area contributed by atoms with Gasteiger partial charge in [-0.15, -0.1) is 10.2 Å². The Morgan fingerprint density at radius 1 is 1.20 bits per heavy atom. The van der Waals surface area contributed by atoms with Crippen LogP contribution in [0.4, 0.5) is 5.69 Å². The Morgan fingerprint density at radius 3 is 2.80 bits per heavy atom. The molecule has 0 unspecified atom stereocenters. The van der Waals surface area contributed by atoms with Crippen molar-refractivity contribution in [2.45, 2.75) is 5.22 Å². The fourth-order valence-corrected chi connectivity index (χ4v) is 3.53. The number of thioether (sulfide) groups is 1. The summed E-state index contributed by atoms with van der Waals surface area (Å²) in [5.74, 6) is 0.278. The lowest BCUT2D eigenvalue weighted by atomic mass is 10.2. The second-order valence-electron chi connectivity index (χ2n) is 4.84. The van der Waals surface area contributed by atoms with Crippen molar-refractivity contribution in [2.24, 2.45) is 0 Å². The number of halogens is 3. The predicted molar refractivity (Wildman–Crippen MR) is 108 cm³/mol. The van der Waals surface area contributed by atoms with E-state index < -0.39 is 0 Å². The SMILES string of the molecule is O=C(CSc1nnc(-c2ccc(Cl)cc2Cl)o1)Nc1cccc(I)c1. The number of aromatic nitrogens is 2. The first-order valence-corrected chi connectivity index (χ1v) is 9.80. The van der Waals surface area contributed by atoms with E-state index in [-0.39, 0.29) is 17.6 Å². The van der Waals surface area contributed by atoms with E-state index in [1.165, 1.54) is 0 Å². The fourth-order valence-electron chi connectivity index (χ4n) is 1.93. The largest absolute Gasteiger partial charge is 0.411 e. The Bertz CT molecular complexity index is 920. The summed E-state index contributed by atoms with van der Waals surface area (Å²) in [6, 6.07) is 12.5. The molecule has 0 aliphatic heterocycles. The molecule has 0 fully saturated rings. The van der Waals surface area contributed by atoms with Gasteiger partial charge in [0, 0.05) is 14.3 Å². The van der Waals surface area contributed by atoms with Crippen molar-refractivity contribution in [3.05, 3.63) is 56.1 Å². The molecule has 1 aromatic heterocycles. The van der Waals surface area contributed by atoms with E-state index in [1.807, 2.05) is 24.3 Å². The van der Waals surface area contributed by atoms with E-state index in [2.05, 4.69) is 38.1 Å². The van der Waals surface area contributed by atoms with Crippen LogP contribution in [0.3, 0.4) is 0 Å². The molecule has 0 bridgehead atoms. The number of nitrogens with one attached hydrogen (secondary N) is 1. The van der Waals surface area contributed by atoms with Gasteiger partial charge in [0.05, 0.1) is 16.3 Å². The van der Waals surface area contributed by atoms with E-state index >= 15 is 0 Å². The van der Waals surface area contributed by atoms with Crippen LogP contribution in [0.1, 0.15) is 0 Å². The van der Waals surface area contributed by atoms with Crippen LogP contribution in [0.5, 0.6) is 0 Å². The van der Waals surface area contributed by atoms with Gasteiger partial charge in [0.1, 0.15) is 0 Å². The summed E-state index contributed by atoms with van der Waals surface area (Å²) >= 11 is 15.3. The molecule has 0 saturated carbocycles. The molecule has 25 heavy (non-hydrogen) atoms. The van der Waals surface area contributed by atoms with E-state index in [4.69, 9.17) is 27.6 Å². The highest BCUT2D eigenvalue weighted by atomic mass is 127. The van der Waals surface area contributed by atoms with Gasteiger partial charge in [-0.25, -0.2) is 0 Å². The average Bonchev–Trinajstić information content (AvgIpc) is 3.01. The van der Waals surface area contributed by atoms with Crippen LogP contribution in [0.2, 0.25) is 10.0 Å². The van der Waals surface area contributed by atoms with Crippen molar-refractivity contribution >= 4 is 69.1 Å². The van der Waals surface area contributed by atoms with Gasteiger partial charge >= 0.3 is 0 Å². The van der Waals surface area contributed by atoms with Crippen LogP contribution in [0.15, 0.2) is 52.1 Å². The third-order valence-corrected chi connectivity index (χ3v) is 5.04. The number of rotatable bonds is 5. The third-order valence-electron chi connectivity index (χ3n) is 3.00. The van der Waals surface area contributed by atoms with Crippen LogP contribution < -0.4 is 5.32 Å². The lowest BCUT2D eigenvalue weighted by Crippen LogP contribution is -2.13. The van der Waals surface area contributed by atoms with Crippen molar-refractivity contribution in [3.63, 3.8) is 0 Å². The first-order valence-electron chi connectivity index (χ1n) is 6.98. The number of carbonyl (C=O) groups is 1. The van der Waals surface area contributed by atoms with Crippen molar-refractivity contribution in [3.8, 4) is 11.5 Å². The topological polar surface area (TPSA) is 68.0 Å². The van der Waals surface area contributed by atoms with Gasteiger partial charge in [0.25, 0.3) is 5.22 Å². The zero-order valence-corrected chi connectivity index (χ0v) is 17.0. The normalized spacial score (nSPS) is 10.7. The molecule has 3 rings (SSSR count). The van der Waals surface area contributed by atoms with Crippen LogP contribution >= 0.6 is 57.6 Å². The molecular formula is C16H10Cl2IN3O2S. The maximum absolute atomic E-state index is 12.0. The van der Waals surface area contributed by atoms with Gasteiger partial charge in [-0.05, 0) is 59.0 Å². The maximum atomic E-state index is 12.0. The zero-order valence-electron chi connectivity index (χ0n) is 12.5. The molecule has 0 saturated heterocycles. The first-order chi connectivity index (χ1) is 12.0. The van der Waals surface area contributed by atoms with Crippen molar-refractivity contribution in [1.29, 1.82) is 0 Å². The van der Waals surface area contributed by atoms with Gasteiger partial charge in [-0.1, -0.05) is 41.0 Å². The summed E-state index contributed by atoms with van der Waals surface area (Å²) in [4.78, 5) is 12.0. The molecule has 1 amide bonds. The molecule has 0 atom stereocenters.